The molecule has 0 saturated heterocycles. The van der Waals surface area contributed by atoms with Crippen molar-refractivity contribution >= 4 is 7.12 Å². The summed E-state index contributed by atoms with van der Waals surface area (Å²) in [7, 11) is 1.39. The van der Waals surface area contributed by atoms with Gasteiger partial charge >= 0.3 is 7.12 Å². The van der Waals surface area contributed by atoms with Crippen LogP contribution in [0.15, 0.2) is 35.3 Å². The second-order valence-electron chi connectivity index (χ2n) is 5.73. The highest BCUT2D eigenvalue weighted by Crippen LogP contribution is 2.24. The molecule has 0 N–H and O–H groups in total. The van der Waals surface area contributed by atoms with Crippen LogP contribution in [0.5, 0.6) is 0 Å². The Kier molecular flexibility index (Phi) is 5.42. The van der Waals surface area contributed by atoms with Gasteiger partial charge in [0.05, 0.1) is 5.60 Å². The van der Waals surface area contributed by atoms with Gasteiger partial charge in [-0.15, -0.1) is 0 Å². The van der Waals surface area contributed by atoms with Crippen molar-refractivity contribution in [3.05, 3.63) is 35.3 Å². The summed E-state index contributed by atoms with van der Waals surface area (Å²) in [6.07, 6.45) is 9.46. The van der Waals surface area contributed by atoms with Crippen LogP contribution in [0.2, 0.25) is 0 Å². The SMILES string of the molecule is COB(OC(C)(C)C(C)C)C1=CC=C(C)CC=C1. The van der Waals surface area contributed by atoms with Gasteiger partial charge in [0, 0.05) is 7.11 Å². The molecule has 0 aliphatic heterocycles. The highest BCUT2D eigenvalue weighted by Gasteiger charge is 2.32. The minimum Gasteiger partial charge on any atom is -0.410 e. The lowest BCUT2D eigenvalue weighted by atomic mass is 9.75. The highest BCUT2D eigenvalue weighted by molar-refractivity contribution is 6.54. The Morgan fingerprint density at radius 2 is 1.94 bits per heavy atom. The van der Waals surface area contributed by atoms with Crippen molar-refractivity contribution in [2.45, 2.75) is 46.6 Å². The van der Waals surface area contributed by atoms with E-state index in [9.17, 15) is 0 Å². The number of rotatable bonds is 5. The summed E-state index contributed by atoms with van der Waals surface area (Å²) in [5.74, 6) is 0.433. The van der Waals surface area contributed by atoms with Crippen molar-refractivity contribution in [1.82, 2.24) is 0 Å². The minimum absolute atomic E-state index is 0.208. The molecule has 1 rings (SSSR count). The Hall–Kier alpha value is -0.795. The molecule has 2 nitrogen and oxygen atoms in total. The quantitative estimate of drug-likeness (QED) is 0.686. The van der Waals surface area contributed by atoms with E-state index < -0.39 is 0 Å². The lowest BCUT2D eigenvalue weighted by molar-refractivity contribution is 0.0358. The molecule has 0 spiro atoms. The van der Waals surface area contributed by atoms with Gasteiger partial charge in [-0.2, -0.15) is 0 Å². The molecule has 0 radical (unpaired) electrons. The van der Waals surface area contributed by atoms with Gasteiger partial charge in [0.2, 0.25) is 0 Å². The van der Waals surface area contributed by atoms with E-state index in [0.717, 1.165) is 11.9 Å². The van der Waals surface area contributed by atoms with Crippen LogP contribution in [0.3, 0.4) is 0 Å². The van der Waals surface area contributed by atoms with Gasteiger partial charge in [-0.25, -0.2) is 0 Å². The van der Waals surface area contributed by atoms with E-state index in [1.807, 2.05) is 0 Å². The van der Waals surface area contributed by atoms with Gasteiger partial charge < -0.3 is 9.31 Å². The average Bonchev–Trinajstić information content (AvgIpc) is 2.51. The zero-order chi connectivity index (χ0) is 13.8. The Labute approximate surface area is 112 Å². The van der Waals surface area contributed by atoms with E-state index in [4.69, 9.17) is 9.31 Å². The Balaban J connectivity index is 2.84. The standard InChI is InChI=1S/C15H25BO2/c1-12(2)15(4,5)18-16(17-6)14-9-7-8-13(3)10-11-14/h7,9-12H,8H2,1-6H3. The maximum absolute atomic E-state index is 6.11. The summed E-state index contributed by atoms with van der Waals surface area (Å²) in [4.78, 5) is 0. The Morgan fingerprint density at radius 3 is 2.50 bits per heavy atom. The van der Waals surface area contributed by atoms with Crippen molar-refractivity contribution in [1.29, 1.82) is 0 Å². The van der Waals surface area contributed by atoms with Crippen molar-refractivity contribution in [3.63, 3.8) is 0 Å². The van der Waals surface area contributed by atoms with Crippen molar-refractivity contribution < 1.29 is 9.31 Å². The van der Waals surface area contributed by atoms with E-state index >= 15 is 0 Å². The maximum Gasteiger partial charge on any atom is 0.494 e. The second kappa shape index (κ2) is 6.39. The van der Waals surface area contributed by atoms with Gasteiger partial charge in [-0.05, 0) is 38.6 Å². The van der Waals surface area contributed by atoms with Crippen LogP contribution in [0.4, 0.5) is 0 Å². The van der Waals surface area contributed by atoms with E-state index in [0.29, 0.717) is 5.92 Å². The Bertz CT molecular complexity index is 365. The second-order valence-corrected chi connectivity index (χ2v) is 5.73. The molecule has 18 heavy (non-hydrogen) atoms. The van der Waals surface area contributed by atoms with Crippen molar-refractivity contribution in [2.75, 3.05) is 7.11 Å². The third-order valence-electron chi connectivity index (χ3n) is 3.60. The molecule has 0 heterocycles. The zero-order valence-corrected chi connectivity index (χ0v) is 12.5. The fraction of sp³-hybridized carbons (Fsp3) is 0.600. The molecule has 3 heteroatoms. The van der Waals surface area contributed by atoms with Gasteiger partial charge in [0.1, 0.15) is 0 Å². The highest BCUT2D eigenvalue weighted by atomic mass is 16.6. The summed E-state index contributed by atoms with van der Waals surface area (Å²) in [6.45, 7) is 10.7. The molecule has 0 bridgehead atoms. The lowest BCUT2D eigenvalue weighted by Gasteiger charge is -2.32. The number of hydrogen-bond acceptors (Lipinski definition) is 2. The summed E-state index contributed by atoms with van der Waals surface area (Å²) in [5.41, 5.74) is 2.21. The average molecular weight is 248 g/mol. The van der Waals surface area contributed by atoms with Crippen LogP contribution in [-0.4, -0.2) is 19.8 Å². The van der Waals surface area contributed by atoms with E-state index in [1.54, 1.807) is 7.11 Å². The summed E-state index contributed by atoms with van der Waals surface area (Å²) >= 11 is 0. The smallest absolute Gasteiger partial charge is 0.410 e. The van der Waals surface area contributed by atoms with Crippen LogP contribution in [0, 0.1) is 5.92 Å². The third kappa shape index (κ3) is 4.15. The van der Waals surface area contributed by atoms with E-state index in [1.165, 1.54) is 5.57 Å². The normalized spacial score (nSPS) is 16.4. The lowest BCUT2D eigenvalue weighted by Crippen LogP contribution is -2.40. The van der Waals surface area contributed by atoms with Gasteiger partial charge in [-0.3, -0.25) is 0 Å². The van der Waals surface area contributed by atoms with Crippen LogP contribution >= 0.6 is 0 Å². The molecule has 0 amide bonds. The molecule has 100 valence electrons. The molecular weight excluding hydrogens is 223 g/mol. The molecule has 0 aromatic heterocycles. The fourth-order valence-electron chi connectivity index (χ4n) is 1.56. The predicted octanol–water partition coefficient (Wildman–Crippen LogP) is 3.94. The molecule has 1 aliphatic rings. The summed E-state index contributed by atoms with van der Waals surface area (Å²) < 4.78 is 11.6. The van der Waals surface area contributed by atoms with Crippen molar-refractivity contribution in [2.24, 2.45) is 5.92 Å². The maximum atomic E-state index is 6.11. The molecular formula is C15H25BO2. The van der Waals surface area contributed by atoms with Gasteiger partial charge in [0.25, 0.3) is 0 Å². The Morgan fingerprint density at radius 1 is 1.28 bits per heavy atom. The number of allylic oxidation sites excluding steroid dienone is 6. The van der Waals surface area contributed by atoms with E-state index in [-0.39, 0.29) is 12.7 Å². The molecule has 1 aliphatic carbocycles. The number of hydrogen-bond donors (Lipinski definition) is 0. The minimum atomic E-state index is -0.305. The predicted molar refractivity (Wildman–Crippen MR) is 78.4 cm³/mol. The monoisotopic (exact) mass is 248 g/mol. The summed E-state index contributed by atoms with van der Waals surface area (Å²) in [5, 5.41) is 0. The van der Waals surface area contributed by atoms with Crippen LogP contribution in [0.25, 0.3) is 0 Å². The fourth-order valence-corrected chi connectivity index (χ4v) is 1.56. The third-order valence-corrected chi connectivity index (χ3v) is 3.60. The first-order valence-corrected chi connectivity index (χ1v) is 6.61. The van der Waals surface area contributed by atoms with Crippen LogP contribution in [0.1, 0.15) is 41.0 Å². The van der Waals surface area contributed by atoms with Gasteiger partial charge in [-0.1, -0.05) is 43.7 Å². The molecule has 0 aromatic carbocycles. The van der Waals surface area contributed by atoms with E-state index in [2.05, 4.69) is 58.9 Å². The molecule has 0 saturated carbocycles. The molecule has 0 aromatic rings. The molecule has 0 atom stereocenters. The molecule has 0 unspecified atom stereocenters. The van der Waals surface area contributed by atoms with Gasteiger partial charge in [0.15, 0.2) is 0 Å². The zero-order valence-electron chi connectivity index (χ0n) is 12.5. The van der Waals surface area contributed by atoms with Crippen LogP contribution < -0.4 is 0 Å². The summed E-state index contributed by atoms with van der Waals surface area (Å²) in [6, 6.07) is 0. The first-order chi connectivity index (χ1) is 8.36. The molecule has 0 fully saturated rings. The van der Waals surface area contributed by atoms with Crippen molar-refractivity contribution in [3.8, 4) is 0 Å². The van der Waals surface area contributed by atoms with Crippen LogP contribution in [-0.2, 0) is 9.31 Å². The first-order valence-electron chi connectivity index (χ1n) is 6.61. The largest absolute Gasteiger partial charge is 0.494 e. The topological polar surface area (TPSA) is 18.5 Å². The first kappa shape index (κ1) is 15.3.